The van der Waals surface area contributed by atoms with Gasteiger partial charge in [-0.25, -0.2) is 0 Å². The Balaban J connectivity index is 2.67. The van der Waals surface area contributed by atoms with Crippen LogP contribution >= 0.6 is 0 Å². The number of hydrogen-bond acceptors (Lipinski definition) is 3. The zero-order valence-corrected chi connectivity index (χ0v) is 8.34. The fourth-order valence-electron chi connectivity index (χ4n) is 1.64. The van der Waals surface area contributed by atoms with Crippen molar-refractivity contribution in [1.82, 2.24) is 0 Å². The predicted molar refractivity (Wildman–Crippen MR) is 60.3 cm³/mol. The molecule has 0 fully saturated rings. The van der Waals surface area contributed by atoms with Crippen molar-refractivity contribution in [3.05, 3.63) is 36.4 Å². The summed E-state index contributed by atoms with van der Waals surface area (Å²) in [5, 5.41) is 20.1. The van der Waals surface area contributed by atoms with Crippen LogP contribution < -0.4 is 10.2 Å². The minimum Gasteiger partial charge on any atom is -0.497 e. The summed E-state index contributed by atoms with van der Waals surface area (Å²) in [5.74, 6) is 0.757. The average Bonchev–Trinajstić information content (AvgIpc) is 2.27. The Hall–Kier alpha value is -1.52. The molecule has 0 bridgehead atoms. The van der Waals surface area contributed by atoms with Crippen LogP contribution in [-0.4, -0.2) is 24.3 Å². The van der Waals surface area contributed by atoms with Gasteiger partial charge < -0.3 is 14.8 Å². The van der Waals surface area contributed by atoms with Crippen LogP contribution in [0, 0.1) is 0 Å². The quantitative estimate of drug-likeness (QED) is 0.698. The molecule has 0 atom stereocenters. The van der Waals surface area contributed by atoms with Gasteiger partial charge in [0, 0.05) is 0 Å². The number of fused-ring (bicyclic) bond motifs is 1. The van der Waals surface area contributed by atoms with Gasteiger partial charge in [-0.15, -0.1) is 0 Å². The molecule has 0 aliphatic heterocycles. The first-order valence-corrected chi connectivity index (χ1v) is 4.65. The first-order valence-electron chi connectivity index (χ1n) is 4.65. The molecule has 2 aromatic rings. The number of hydrogen-bond donors (Lipinski definition) is 2. The smallest absolute Gasteiger partial charge is 0.489 e. The lowest BCUT2D eigenvalue weighted by Crippen LogP contribution is -2.30. The van der Waals surface area contributed by atoms with Gasteiger partial charge >= 0.3 is 7.12 Å². The zero-order valence-electron chi connectivity index (χ0n) is 8.34. The highest BCUT2D eigenvalue weighted by Gasteiger charge is 2.13. The fraction of sp³-hybridized carbons (Fsp3) is 0.0909. The van der Waals surface area contributed by atoms with Crippen molar-refractivity contribution in [3.63, 3.8) is 0 Å². The lowest BCUT2D eigenvalue weighted by molar-refractivity contribution is 0.415. The van der Waals surface area contributed by atoms with Gasteiger partial charge in [0.25, 0.3) is 0 Å². The van der Waals surface area contributed by atoms with Crippen LogP contribution in [0.5, 0.6) is 5.75 Å². The Morgan fingerprint density at radius 1 is 1.13 bits per heavy atom. The van der Waals surface area contributed by atoms with Gasteiger partial charge in [-0.2, -0.15) is 0 Å². The Morgan fingerprint density at radius 2 is 1.93 bits per heavy atom. The van der Waals surface area contributed by atoms with Crippen molar-refractivity contribution in [1.29, 1.82) is 0 Å². The molecule has 0 spiro atoms. The molecule has 0 amide bonds. The minimum absolute atomic E-state index is 0.509. The van der Waals surface area contributed by atoms with E-state index in [2.05, 4.69) is 0 Å². The lowest BCUT2D eigenvalue weighted by atomic mass is 9.77. The molecular weight excluding hydrogens is 191 g/mol. The van der Waals surface area contributed by atoms with Crippen molar-refractivity contribution >= 4 is 23.4 Å². The highest BCUT2D eigenvalue weighted by atomic mass is 16.5. The molecule has 0 unspecified atom stereocenters. The Labute approximate surface area is 88.1 Å². The van der Waals surface area contributed by atoms with E-state index in [0.717, 1.165) is 16.5 Å². The third kappa shape index (κ3) is 1.82. The summed E-state index contributed by atoms with van der Waals surface area (Å²) in [5.41, 5.74) is 0.509. The molecule has 0 aliphatic carbocycles. The van der Waals surface area contributed by atoms with E-state index in [-0.39, 0.29) is 0 Å². The SMILES string of the molecule is COc1ccc2c(B(O)O)cccc2c1. The van der Waals surface area contributed by atoms with Gasteiger partial charge in [0.05, 0.1) is 7.11 Å². The van der Waals surface area contributed by atoms with Crippen LogP contribution in [0.2, 0.25) is 0 Å². The topological polar surface area (TPSA) is 49.7 Å². The summed E-state index contributed by atoms with van der Waals surface area (Å²) in [4.78, 5) is 0. The van der Waals surface area contributed by atoms with E-state index in [9.17, 15) is 10.0 Å². The van der Waals surface area contributed by atoms with Crippen LogP contribution in [0.3, 0.4) is 0 Å². The van der Waals surface area contributed by atoms with Crippen molar-refractivity contribution in [2.24, 2.45) is 0 Å². The molecule has 3 nitrogen and oxygen atoms in total. The number of methoxy groups -OCH3 is 1. The second kappa shape index (κ2) is 3.92. The Bertz CT molecular complexity index is 482. The van der Waals surface area contributed by atoms with Crippen LogP contribution in [0.4, 0.5) is 0 Å². The molecule has 0 heterocycles. The van der Waals surface area contributed by atoms with E-state index in [4.69, 9.17) is 4.74 Å². The van der Waals surface area contributed by atoms with Crippen LogP contribution in [0.25, 0.3) is 10.8 Å². The van der Waals surface area contributed by atoms with Gasteiger partial charge in [-0.3, -0.25) is 0 Å². The average molecular weight is 202 g/mol. The summed E-state index contributed by atoms with van der Waals surface area (Å²) < 4.78 is 5.10. The molecule has 15 heavy (non-hydrogen) atoms. The maximum absolute atomic E-state index is 9.17. The van der Waals surface area contributed by atoms with E-state index in [0.29, 0.717) is 5.46 Å². The standard InChI is InChI=1S/C11H11BO3/c1-15-9-5-6-10-8(7-9)3-2-4-11(10)12(13)14/h2-7,13-14H,1H3. The maximum Gasteiger partial charge on any atom is 0.489 e. The number of rotatable bonds is 2. The van der Waals surface area contributed by atoms with E-state index in [1.807, 2.05) is 18.2 Å². The molecule has 2 aromatic carbocycles. The second-order valence-electron chi connectivity index (χ2n) is 3.31. The molecular formula is C11H11BO3. The van der Waals surface area contributed by atoms with Crippen molar-refractivity contribution in [3.8, 4) is 5.75 Å². The molecule has 76 valence electrons. The molecule has 4 heteroatoms. The minimum atomic E-state index is -1.44. The predicted octanol–water partition coefficient (Wildman–Crippen LogP) is 0.528. The Kier molecular flexibility index (Phi) is 2.62. The summed E-state index contributed by atoms with van der Waals surface area (Å²) in [6.07, 6.45) is 0. The number of ether oxygens (including phenoxy) is 1. The van der Waals surface area contributed by atoms with E-state index in [1.54, 1.807) is 25.3 Å². The molecule has 0 radical (unpaired) electrons. The summed E-state index contributed by atoms with van der Waals surface area (Å²) in [6.45, 7) is 0. The maximum atomic E-state index is 9.17. The fourth-order valence-corrected chi connectivity index (χ4v) is 1.64. The highest BCUT2D eigenvalue weighted by Crippen LogP contribution is 2.19. The zero-order chi connectivity index (χ0) is 10.8. The Morgan fingerprint density at radius 3 is 2.60 bits per heavy atom. The molecule has 0 saturated heterocycles. The van der Waals surface area contributed by atoms with Crippen LogP contribution in [-0.2, 0) is 0 Å². The second-order valence-corrected chi connectivity index (χ2v) is 3.31. The highest BCUT2D eigenvalue weighted by molar-refractivity contribution is 6.61. The van der Waals surface area contributed by atoms with Crippen molar-refractivity contribution < 1.29 is 14.8 Å². The normalized spacial score (nSPS) is 10.3. The van der Waals surface area contributed by atoms with Gasteiger partial charge in [-0.1, -0.05) is 24.3 Å². The summed E-state index contributed by atoms with van der Waals surface area (Å²) >= 11 is 0. The third-order valence-corrected chi connectivity index (χ3v) is 2.40. The van der Waals surface area contributed by atoms with Crippen LogP contribution in [0.1, 0.15) is 0 Å². The molecule has 2 rings (SSSR count). The van der Waals surface area contributed by atoms with Gasteiger partial charge in [0.2, 0.25) is 0 Å². The lowest BCUT2D eigenvalue weighted by Gasteiger charge is -2.06. The first-order chi connectivity index (χ1) is 7.22. The van der Waals surface area contributed by atoms with Gasteiger partial charge in [0.1, 0.15) is 5.75 Å². The molecule has 0 aromatic heterocycles. The van der Waals surface area contributed by atoms with Crippen molar-refractivity contribution in [2.75, 3.05) is 7.11 Å². The molecule has 0 saturated carbocycles. The number of benzene rings is 2. The largest absolute Gasteiger partial charge is 0.497 e. The van der Waals surface area contributed by atoms with Gasteiger partial charge in [-0.05, 0) is 28.4 Å². The van der Waals surface area contributed by atoms with Crippen LogP contribution in [0.15, 0.2) is 36.4 Å². The molecule has 2 N–H and O–H groups in total. The third-order valence-electron chi connectivity index (χ3n) is 2.40. The van der Waals surface area contributed by atoms with E-state index in [1.165, 1.54) is 0 Å². The van der Waals surface area contributed by atoms with Crippen molar-refractivity contribution in [2.45, 2.75) is 0 Å². The first kappa shape index (κ1) is 10.0. The monoisotopic (exact) mass is 202 g/mol. The van der Waals surface area contributed by atoms with E-state index >= 15 is 0 Å². The summed E-state index contributed by atoms with van der Waals surface area (Å²) in [6, 6.07) is 10.9. The van der Waals surface area contributed by atoms with E-state index < -0.39 is 7.12 Å². The molecule has 0 aliphatic rings. The van der Waals surface area contributed by atoms with Gasteiger partial charge in [0.15, 0.2) is 0 Å². The summed E-state index contributed by atoms with van der Waals surface area (Å²) in [7, 11) is 0.161.